The number of carbonyl (C=O) groups is 3. The number of hydrogen-bond donors (Lipinski definition) is 0. The molecule has 0 amide bonds. The van der Waals surface area contributed by atoms with Gasteiger partial charge in [-0.25, -0.2) is 0 Å². The van der Waals surface area contributed by atoms with Crippen molar-refractivity contribution in [2.45, 2.75) is 239 Å². The molecule has 0 spiro atoms. The number of esters is 3. The van der Waals surface area contributed by atoms with Crippen molar-refractivity contribution in [3.8, 4) is 0 Å². The van der Waals surface area contributed by atoms with Crippen LogP contribution in [0.3, 0.4) is 0 Å². The summed E-state index contributed by atoms with van der Waals surface area (Å²) >= 11 is 0. The van der Waals surface area contributed by atoms with Crippen LogP contribution in [0.5, 0.6) is 0 Å². The molecule has 1 unspecified atom stereocenters. The minimum atomic E-state index is -0.791. The lowest BCUT2D eigenvalue weighted by Gasteiger charge is -2.18. The zero-order valence-electron chi connectivity index (χ0n) is 39.2. The fourth-order valence-corrected chi connectivity index (χ4v) is 6.66. The smallest absolute Gasteiger partial charge is 0.306 e. The molecule has 0 aromatic heterocycles. The van der Waals surface area contributed by atoms with Crippen molar-refractivity contribution in [3.63, 3.8) is 0 Å². The van der Waals surface area contributed by atoms with E-state index in [0.29, 0.717) is 19.3 Å². The molecule has 0 heterocycles. The molecule has 0 aliphatic rings. The summed E-state index contributed by atoms with van der Waals surface area (Å²) in [5, 5.41) is 0. The maximum absolute atomic E-state index is 12.8. The van der Waals surface area contributed by atoms with Gasteiger partial charge in [0.2, 0.25) is 0 Å². The van der Waals surface area contributed by atoms with Crippen molar-refractivity contribution in [2.24, 2.45) is 0 Å². The molecule has 0 fully saturated rings. The van der Waals surface area contributed by atoms with Crippen LogP contribution in [0.15, 0.2) is 72.9 Å². The van der Waals surface area contributed by atoms with Gasteiger partial charge in [-0.3, -0.25) is 14.4 Å². The molecule has 0 saturated carbocycles. The molecule has 0 aliphatic carbocycles. The van der Waals surface area contributed by atoms with Crippen molar-refractivity contribution in [2.75, 3.05) is 13.2 Å². The predicted octanol–water partition coefficient (Wildman–Crippen LogP) is 16.3. The van der Waals surface area contributed by atoms with Crippen molar-refractivity contribution in [3.05, 3.63) is 72.9 Å². The van der Waals surface area contributed by atoms with E-state index in [9.17, 15) is 14.4 Å². The molecule has 0 saturated heterocycles. The Hall–Kier alpha value is -3.15. The fourth-order valence-electron chi connectivity index (χ4n) is 6.66. The highest BCUT2D eigenvalue weighted by molar-refractivity contribution is 5.71. The molecule has 0 N–H and O–H groups in total. The monoisotopic (exact) mass is 837 g/mol. The highest BCUT2D eigenvalue weighted by Gasteiger charge is 2.19. The van der Waals surface area contributed by atoms with Crippen molar-refractivity contribution in [1.29, 1.82) is 0 Å². The molecule has 0 rings (SSSR count). The van der Waals surface area contributed by atoms with Crippen LogP contribution in [0.25, 0.3) is 0 Å². The van der Waals surface area contributed by atoms with Gasteiger partial charge in [-0.2, -0.15) is 0 Å². The third-order valence-electron chi connectivity index (χ3n) is 10.4. The van der Waals surface area contributed by atoms with Gasteiger partial charge in [0.25, 0.3) is 0 Å². The van der Waals surface area contributed by atoms with Crippen LogP contribution >= 0.6 is 0 Å². The van der Waals surface area contributed by atoms with Crippen molar-refractivity contribution in [1.82, 2.24) is 0 Å². The number of ether oxygens (including phenoxy) is 3. The Bertz CT molecular complexity index is 1140. The van der Waals surface area contributed by atoms with Gasteiger partial charge in [-0.05, 0) is 103 Å². The second-order valence-corrected chi connectivity index (χ2v) is 16.3. The summed E-state index contributed by atoms with van der Waals surface area (Å²) in [5.41, 5.74) is 0. The SMILES string of the molecule is CC/C=C\C/C=C\C/C=C\C/C=C\CCCCCCC(=O)OCC(COC(=O)CCCCCCC/C=C\CCC)OC(=O)CCCCCCC/C=C\CCCCCCCC. The molecular formula is C54H92O6. The van der Waals surface area contributed by atoms with E-state index < -0.39 is 6.10 Å². The first-order chi connectivity index (χ1) is 29.5. The second kappa shape index (κ2) is 48.5. The average Bonchev–Trinajstić information content (AvgIpc) is 3.24. The second-order valence-electron chi connectivity index (χ2n) is 16.3. The number of unbranched alkanes of at least 4 members (excludes halogenated alkanes) is 21. The van der Waals surface area contributed by atoms with E-state index in [2.05, 4.69) is 93.7 Å². The molecule has 0 aliphatic heterocycles. The Morgan fingerprint density at radius 2 is 0.683 bits per heavy atom. The van der Waals surface area contributed by atoms with Crippen LogP contribution in [-0.4, -0.2) is 37.2 Å². The number of hydrogen-bond acceptors (Lipinski definition) is 6. The molecule has 0 radical (unpaired) electrons. The summed E-state index contributed by atoms with van der Waals surface area (Å²) < 4.78 is 16.7. The molecule has 0 bridgehead atoms. The lowest BCUT2D eigenvalue weighted by molar-refractivity contribution is -0.167. The van der Waals surface area contributed by atoms with Gasteiger partial charge in [0.05, 0.1) is 0 Å². The molecular weight excluding hydrogens is 745 g/mol. The number of carbonyl (C=O) groups excluding carboxylic acids is 3. The Kier molecular flexibility index (Phi) is 46.0. The van der Waals surface area contributed by atoms with Gasteiger partial charge in [0.1, 0.15) is 13.2 Å². The predicted molar refractivity (Wildman–Crippen MR) is 256 cm³/mol. The zero-order chi connectivity index (χ0) is 43.7. The summed E-state index contributed by atoms with van der Waals surface area (Å²) in [6, 6.07) is 0. The molecule has 0 aromatic carbocycles. The van der Waals surface area contributed by atoms with Crippen LogP contribution in [0.1, 0.15) is 233 Å². The van der Waals surface area contributed by atoms with E-state index in [1.54, 1.807) is 0 Å². The van der Waals surface area contributed by atoms with E-state index in [0.717, 1.165) is 128 Å². The molecule has 344 valence electrons. The summed E-state index contributed by atoms with van der Waals surface area (Å²) in [7, 11) is 0. The van der Waals surface area contributed by atoms with Crippen LogP contribution in [-0.2, 0) is 28.6 Å². The fraction of sp³-hybridized carbons (Fsp3) is 0.722. The van der Waals surface area contributed by atoms with E-state index in [1.165, 1.54) is 64.2 Å². The molecule has 1 atom stereocenters. The Morgan fingerprint density at radius 3 is 1.10 bits per heavy atom. The molecule has 60 heavy (non-hydrogen) atoms. The lowest BCUT2D eigenvalue weighted by Crippen LogP contribution is -2.30. The average molecular weight is 837 g/mol. The maximum Gasteiger partial charge on any atom is 0.306 e. The summed E-state index contributed by atoms with van der Waals surface area (Å²) in [6.45, 7) is 6.42. The lowest BCUT2D eigenvalue weighted by atomic mass is 10.1. The Morgan fingerprint density at radius 1 is 0.350 bits per heavy atom. The molecule has 6 nitrogen and oxygen atoms in total. The van der Waals surface area contributed by atoms with Crippen molar-refractivity contribution >= 4 is 17.9 Å². The van der Waals surface area contributed by atoms with Gasteiger partial charge in [-0.1, -0.05) is 184 Å². The molecule has 6 heteroatoms. The highest BCUT2D eigenvalue weighted by Crippen LogP contribution is 2.13. The highest BCUT2D eigenvalue weighted by atomic mass is 16.6. The first kappa shape index (κ1) is 56.9. The van der Waals surface area contributed by atoms with Gasteiger partial charge < -0.3 is 14.2 Å². The third kappa shape index (κ3) is 45.9. The standard InChI is InChI=1S/C54H92O6/c1-4-7-10-13-16-19-22-24-26-27-29-30-32-35-38-41-44-47-53(56)59-50-51(49-58-52(55)46-43-40-37-34-21-18-15-12-9-6-3)60-54(57)48-45-42-39-36-33-31-28-25-23-20-17-14-11-8-5-2/h7,10,12,15-16,19,24-26,28-30,51H,4-6,8-9,11,13-14,17-18,20-23,27,31-50H2,1-3H3/b10-7-,15-12-,19-16-,26-24-,28-25-,30-29-. The third-order valence-corrected chi connectivity index (χ3v) is 10.4. The minimum absolute atomic E-state index is 0.0916. The van der Waals surface area contributed by atoms with E-state index >= 15 is 0 Å². The van der Waals surface area contributed by atoms with E-state index in [4.69, 9.17) is 14.2 Å². The quantitative estimate of drug-likeness (QED) is 0.0263. The van der Waals surface area contributed by atoms with Crippen LogP contribution in [0.4, 0.5) is 0 Å². The van der Waals surface area contributed by atoms with Gasteiger partial charge in [-0.15, -0.1) is 0 Å². The van der Waals surface area contributed by atoms with Crippen LogP contribution in [0, 0.1) is 0 Å². The summed E-state index contributed by atoms with van der Waals surface area (Å²) in [5.74, 6) is -0.936. The summed E-state index contributed by atoms with van der Waals surface area (Å²) in [6.07, 6.45) is 60.3. The zero-order valence-corrected chi connectivity index (χ0v) is 39.2. The van der Waals surface area contributed by atoms with Crippen LogP contribution in [0.2, 0.25) is 0 Å². The maximum atomic E-state index is 12.8. The van der Waals surface area contributed by atoms with Gasteiger partial charge in [0, 0.05) is 19.3 Å². The van der Waals surface area contributed by atoms with Gasteiger partial charge in [0.15, 0.2) is 6.10 Å². The topological polar surface area (TPSA) is 78.9 Å². The largest absolute Gasteiger partial charge is 0.462 e. The Balaban J connectivity index is 4.42. The van der Waals surface area contributed by atoms with E-state index in [-0.39, 0.29) is 31.1 Å². The van der Waals surface area contributed by atoms with Crippen LogP contribution < -0.4 is 0 Å². The van der Waals surface area contributed by atoms with E-state index in [1.807, 2.05) is 0 Å². The first-order valence-corrected chi connectivity index (χ1v) is 24.9. The number of rotatable bonds is 44. The first-order valence-electron chi connectivity index (χ1n) is 24.9. The van der Waals surface area contributed by atoms with Gasteiger partial charge >= 0.3 is 17.9 Å². The molecule has 0 aromatic rings. The van der Waals surface area contributed by atoms with Crippen molar-refractivity contribution < 1.29 is 28.6 Å². The Labute approximate surface area is 370 Å². The normalized spacial score (nSPS) is 12.7. The number of allylic oxidation sites excluding steroid dienone is 12. The minimum Gasteiger partial charge on any atom is -0.462 e. The summed E-state index contributed by atoms with van der Waals surface area (Å²) in [4.78, 5) is 37.9.